The average Bonchev–Trinajstić information content (AvgIpc) is 3.71. The van der Waals surface area contributed by atoms with E-state index >= 15 is 0 Å². The van der Waals surface area contributed by atoms with Gasteiger partial charge in [-0.1, -0.05) is 38.1 Å². The van der Waals surface area contributed by atoms with Crippen LogP contribution in [0.2, 0.25) is 0 Å². The lowest BCUT2D eigenvalue weighted by Crippen LogP contribution is -2.34. The minimum Gasteiger partial charge on any atom is -0.444 e. The highest BCUT2D eigenvalue weighted by atomic mass is 16.6. The topological polar surface area (TPSA) is 147 Å². The molecule has 3 aromatic carbocycles. The Labute approximate surface area is 327 Å². The van der Waals surface area contributed by atoms with Crippen LogP contribution in [0.3, 0.4) is 0 Å². The number of alkyl carbamates (subject to hydrolysis) is 2. The molecule has 6 unspecified atom stereocenters. The lowest BCUT2D eigenvalue weighted by molar-refractivity contribution is 0.0507. The third-order valence-electron chi connectivity index (χ3n) is 11.3. The molecule has 0 bridgehead atoms. The number of nitrogens with one attached hydrogen (secondary N) is 4. The maximum absolute atomic E-state index is 12.2. The number of carbonyl (C=O) groups excluding carboxylic acids is 2. The number of aromatic amines is 2. The first-order valence-corrected chi connectivity index (χ1v) is 19.9. The van der Waals surface area contributed by atoms with Gasteiger partial charge in [0.2, 0.25) is 0 Å². The fourth-order valence-corrected chi connectivity index (χ4v) is 8.11. The summed E-state index contributed by atoms with van der Waals surface area (Å²) in [4.78, 5) is 46.3. The first-order valence-electron chi connectivity index (χ1n) is 19.9. The van der Waals surface area contributed by atoms with Crippen molar-refractivity contribution in [3.05, 3.63) is 78.4 Å². The van der Waals surface area contributed by atoms with Crippen molar-refractivity contribution in [1.82, 2.24) is 35.6 Å². The quantitative estimate of drug-likeness (QED) is 0.109. The van der Waals surface area contributed by atoms with Crippen molar-refractivity contribution >= 4 is 45.2 Å². The lowest BCUT2D eigenvalue weighted by atomic mass is 10.0. The molecule has 11 nitrogen and oxygen atoms in total. The van der Waals surface area contributed by atoms with Gasteiger partial charge >= 0.3 is 12.2 Å². The summed E-state index contributed by atoms with van der Waals surface area (Å²) in [5, 5.41) is 7.14. The number of fused-ring (bicyclic) bond motifs is 3. The van der Waals surface area contributed by atoms with E-state index in [0.717, 1.165) is 92.7 Å². The first kappa shape index (κ1) is 37.5. The summed E-state index contributed by atoms with van der Waals surface area (Å²) in [6.45, 7) is 15.6. The van der Waals surface area contributed by atoms with Crippen LogP contribution in [-0.2, 0) is 22.3 Å². The van der Waals surface area contributed by atoms with Crippen LogP contribution in [0.5, 0.6) is 0 Å². The van der Waals surface area contributed by atoms with Crippen LogP contribution in [0.25, 0.3) is 55.4 Å². The van der Waals surface area contributed by atoms with Crippen LogP contribution in [0, 0.1) is 23.7 Å². The van der Waals surface area contributed by atoms with E-state index in [2.05, 4.69) is 101 Å². The minimum absolute atomic E-state index is 0.142. The SMILES string of the molecule is CC1C(CCc2nc3ccc(-c4ccc5nc(-c6ccc7nc(CCC8C(C)C8NC(=O)OC(C)(C)C)[nH]c7c6)ccc5c4)cc3[nH]2)C1NC(=O)OC(C)(C)C. The van der Waals surface area contributed by atoms with Crippen molar-refractivity contribution < 1.29 is 19.1 Å². The van der Waals surface area contributed by atoms with E-state index in [0.29, 0.717) is 23.7 Å². The number of nitrogens with zero attached hydrogens (tertiary/aromatic N) is 3. The third-order valence-corrected chi connectivity index (χ3v) is 11.3. The number of benzene rings is 3. The summed E-state index contributed by atoms with van der Waals surface area (Å²) >= 11 is 0. The van der Waals surface area contributed by atoms with Gasteiger partial charge in [0.25, 0.3) is 0 Å². The van der Waals surface area contributed by atoms with E-state index in [1.165, 1.54) is 0 Å². The highest BCUT2D eigenvalue weighted by Gasteiger charge is 2.48. The molecule has 4 N–H and O–H groups in total. The summed E-state index contributed by atoms with van der Waals surface area (Å²) in [6.07, 6.45) is 2.83. The fourth-order valence-electron chi connectivity index (χ4n) is 8.11. The predicted molar refractivity (Wildman–Crippen MR) is 220 cm³/mol. The monoisotopic (exact) mass is 755 g/mol. The van der Waals surface area contributed by atoms with Crippen molar-refractivity contribution in [2.75, 3.05) is 0 Å². The highest BCUT2D eigenvalue weighted by molar-refractivity contribution is 5.89. The lowest BCUT2D eigenvalue weighted by Gasteiger charge is -2.19. The van der Waals surface area contributed by atoms with E-state index in [1.54, 1.807) is 0 Å². The molecule has 6 atom stereocenters. The number of ether oxygens (including phenoxy) is 2. The van der Waals surface area contributed by atoms with Crippen LogP contribution in [0.15, 0.2) is 66.7 Å². The van der Waals surface area contributed by atoms with Crippen molar-refractivity contribution in [3.63, 3.8) is 0 Å². The molecular weight excluding hydrogens is 703 g/mol. The van der Waals surface area contributed by atoms with Gasteiger partial charge in [-0.3, -0.25) is 0 Å². The number of amides is 2. The van der Waals surface area contributed by atoms with Crippen molar-refractivity contribution in [1.29, 1.82) is 0 Å². The molecule has 2 saturated carbocycles. The molecule has 2 aliphatic rings. The Bertz CT molecular complexity index is 2270. The molecule has 0 spiro atoms. The number of carbonyl (C=O) groups is 2. The Kier molecular flexibility index (Phi) is 9.53. The maximum atomic E-state index is 12.2. The number of rotatable bonds is 10. The molecule has 0 saturated heterocycles. The van der Waals surface area contributed by atoms with Crippen molar-refractivity contribution in [2.45, 2.75) is 104 Å². The Morgan fingerprint density at radius 1 is 0.607 bits per heavy atom. The Morgan fingerprint density at radius 2 is 1.07 bits per heavy atom. The molecule has 2 aliphatic carbocycles. The summed E-state index contributed by atoms with van der Waals surface area (Å²) in [5.74, 6) is 3.57. The van der Waals surface area contributed by atoms with Crippen molar-refractivity contribution in [3.8, 4) is 22.4 Å². The van der Waals surface area contributed by atoms with Crippen LogP contribution in [0.4, 0.5) is 9.59 Å². The summed E-state index contributed by atoms with van der Waals surface area (Å²) in [5.41, 5.74) is 7.97. The molecule has 292 valence electrons. The molecule has 0 radical (unpaired) electrons. The second-order valence-electron chi connectivity index (χ2n) is 17.9. The average molecular weight is 756 g/mol. The standard InChI is InChI=1S/C45H53N7O4/c1-24-30(40(24)51-42(53)55-44(3,4)5)13-19-38-47-34-17-10-27(22-36(34)49-38)26-9-15-32-28(21-26)11-16-33(46-32)29-12-18-35-37(23-29)50-39(48-35)20-14-31-25(2)41(31)52-43(54)56-45(6,7)8/h9-12,15-18,21-25,30-31,40-41H,13-14,19-20H2,1-8H3,(H,47,49)(H,48,50)(H,51,53)(H,52,54). The molecule has 2 fully saturated rings. The van der Waals surface area contributed by atoms with E-state index in [4.69, 9.17) is 24.4 Å². The number of hydrogen-bond donors (Lipinski definition) is 4. The summed E-state index contributed by atoms with van der Waals surface area (Å²) in [6, 6.07) is 23.5. The predicted octanol–water partition coefficient (Wildman–Crippen LogP) is 9.51. The summed E-state index contributed by atoms with van der Waals surface area (Å²) < 4.78 is 10.9. The number of H-pyrrole nitrogens is 2. The van der Waals surface area contributed by atoms with E-state index in [1.807, 2.05) is 41.5 Å². The Morgan fingerprint density at radius 3 is 1.59 bits per heavy atom. The molecule has 56 heavy (non-hydrogen) atoms. The Hall–Kier alpha value is -5.45. The van der Waals surface area contributed by atoms with Crippen LogP contribution in [-0.4, -0.2) is 60.4 Å². The van der Waals surface area contributed by atoms with E-state index in [9.17, 15) is 9.59 Å². The molecule has 6 aromatic rings. The molecule has 2 amide bonds. The van der Waals surface area contributed by atoms with Gasteiger partial charge in [0.1, 0.15) is 22.9 Å². The van der Waals surface area contributed by atoms with Gasteiger partial charge in [-0.2, -0.15) is 0 Å². The molecule has 11 heteroatoms. The molecule has 0 aliphatic heterocycles. The first-order chi connectivity index (χ1) is 26.6. The number of pyridine rings is 1. The van der Waals surface area contributed by atoms with Crippen LogP contribution in [0.1, 0.15) is 79.9 Å². The molecular formula is C45H53N7O4. The number of hydrogen-bond acceptors (Lipinski definition) is 7. The fraction of sp³-hybridized carbons (Fsp3) is 0.444. The van der Waals surface area contributed by atoms with E-state index in [-0.39, 0.29) is 24.3 Å². The number of aryl methyl sites for hydroxylation is 2. The number of aromatic nitrogens is 5. The van der Waals surface area contributed by atoms with Gasteiger partial charge in [0.15, 0.2) is 0 Å². The van der Waals surface area contributed by atoms with Gasteiger partial charge in [0.05, 0.1) is 33.3 Å². The second kappa shape index (κ2) is 14.2. The van der Waals surface area contributed by atoms with Gasteiger partial charge in [-0.25, -0.2) is 24.5 Å². The molecule has 8 rings (SSSR count). The van der Waals surface area contributed by atoms with Gasteiger partial charge in [-0.15, -0.1) is 0 Å². The smallest absolute Gasteiger partial charge is 0.407 e. The zero-order chi connectivity index (χ0) is 39.5. The van der Waals surface area contributed by atoms with Crippen LogP contribution < -0.4 is 10.6 Å². The second-order valence-corrected chi connectivity index (χ2v) is 17.9. The molecule has 3 aromatic heterocycles. The van der Waals surface area contributed by atoms with Gasteiger partial charge in [0, 0.05) is 35.9 Å². The van der Waals surface area contributed by atoms with Gasteiger partial charge in [-0.05, 0) is 132 Å². The van der Waals surface area contributed by atoms with Gasteiger partial charge < -0.3 is 30.1 Å². The normalized spacial score (nSPS) is 22.0. The maximum Gasteiger partial charge on any atom is 0.407 e. The zero-order valence-corrected chi connectivity index (χ0v) is 33.6. The van der Waals surface area contributed by atoms with E-state index < -0.39 is 11.2 Å². The Balaban J connectivity index is 0.887. The minimum atomic E-state index is -0.506. The van der Waals surface area contributed by atoms with Crippen molar-refractivity contribution in [2.24, 2.45) is 23.7 Å². The third kappa shape index (κ3) is 8.37. The largest absolute Gasteiger partial charge is 0.444 e. The van der Waals surface area contributed by atoms with Crippen LogP contribution >= 0.6 is 0 Å². The summed E-state index contributed by atoms with van der Waals surface area (Å²) in [7, 11) is 0. The number of imidazole rings is 2. The molecule has 3 heterocycles. The zero-order valence-electron chi connectivity index (χ0n) is 33.6. The highest BCUT2D eigenvalue weighted by Crippen LogP contribution is 2.43.